The van der Waals surface area contributed by atoms with Crippen molar-refractivity contribution in [2.24, 2.45) is 0 Å². The van der Waals surface area contributed by atoms with Crippen LogP contribution in [0.15, 0.2) is 30.6 Å². The van der Waals surface area contributed by atoms with Gasteiger partial charge >= 0.3 is 5.97 Å². The van der Waals surface area contributed by atoms with Gasteiger partial charge in [0, 0.05) is 0 Å². The summed E-state index contributed by atoms with van der Waals surface area (Å²) in [6, 6.07) is 6.26. The number of rotatable bonds is 2. The van der Waals surface area contributed by atoms with Crippen LogP contribution in [0.25, 0.3) is 5.69 Å². The standard InChI is InChI=1S/C9H8N4O2/c10-9-11-5-13(12-9)7-3-1-6(2-4-7)8(14)15/h1-5H,(H2,10,12)(H,14,15). The first-order chi connectivity index (χ1) is 7.16. The van der Waals surface area contributed by atoms with E-state index >= 15 is 0 Å². The van der Waals surface area contributed by atoms with Crippen LogP contribution in [0.2, 0.25) is 0 Å². The van der Waals surface area contributed by atoms with Gasteiger partial charge in [-0.2, -0.15) is 0 Å². The second kappa shape index (κ2) is 3.41. The number of aromatic nitrogens is 3. The van der Waals surface area contributed by atoms with E-state index in [1.54, 1.807) is 12.1 Å². The van der Waals surface area contributed by atoms with Crippen molar-refractivity contribution >= 4 is 11.9 Å². The number of nitrogens with two attached hydrogens (primary N) is 1. The van der Waals surface area contributed by atoms with Crippen LogP contribution in [0.5, 0.6) is 0 Å². The topological polar surface area (TPSA) is 94.0 Å². The molecule has 76 valence electrons. The van der Waals surface area contributed by atoms with E-state index in [2.05, 4.69) is 10.1 Å². The van der Waals surface area contributed by atoms with Crippen molar-refractivity contribution in [2.75, 3.05) is 5.73 Å². The van der Waals surface area contributed by atoms with Crippen molar-refractivity contribution in [1.29, 1.82) is 0 Å². The minimum absolute atomic E-state index is 0.178. The molecule has 0 fully saturated rings. The molecule has 0 saturated carbocycles. The number of hydrogen-bond acceptors (Lipinski definition) is 4. The van der Waals surface area contributed by atoms with Crippen LogP contribution in [0.1, 0.15) is 10.4 Å². The lowest BCUT2D eigenvalue weighted by atomic mass is 10.2. The van der Waals surface area contributed by atoms with Crippen LogP contribution in [0.3, 0.4) is 0 Å². The smallest absolute Gasteiger partial charge is 0.335 e. The minimum Gasteiger partial charge on any atom is -0.478 e. The molecule has 2 rings (SSSR count). The summed E-state index contributed by atoms with van der Waals surface area (Å²) in [6.07, 6.45) is 1.46. The number of nitrogens with zero attached hydrogens (tertiary/aromatic N) is 3. The first-order valence-corrected chi connectivity index (χ1v) is 4.17. The molecule has 3 N–H and O–H groups in total. The Labute approximate surface area is 85.0 Å². The molecule has 0 bridgehead atoms. The van der Waals surface area contributed by atoms with Crippen LogP contribution in [0, 0.1) is 0 Å². The second-order valence-electron chi connectivity index (χ2n) is 2.90. The number of carbonyl (C=O) groups is 1. The Balaban J connectivity index is 2.35. The molecule has 0 amide bonds. The number of nitrogen functional groups attached to an aromatic ring is 1. The average molecular weight is 204 g/mol. The van der Waals surface area contributed by atoms with E-state index in [9.17, 15) is 4.79 Å². The monoisotopic (exact) mass is 204 g/mol. The quantitative estimate of drug-likeness (QED) is 0.744. The largest absolute Gasteiger partial charge is 0.478 e. The molecule has 0 radical (unpaired) electrons. The number of hydrogen-bond donors (Lipinski definition) is 2. The molecular weight excluding hydrogens is 196 g/mol. The molecule has 0 aliphatic rings. The highest BCUT2D eigenvalue weighted by molar-refractivity contribution is 5.87. The van der Waals surface area contributed by atoms with Crippen molar-refractivity contribution in [3.8, 4) is 5.69 Å². The summed E-state index contributed by atoms with van der Waals surface area (Å²) in [5.74, 6) is -0.781. The van der Waals surface area contributed by atoms with Crippen LogP contribution in [-0.4, -0.2) is 25.8 Å². The molecule has 0 aliphatic carbocycles. The molecule has 1 heterocycles. The van der Waals surface area contributed by atoms with Crippen LogP contribution >= 0.6 is 0 Å². The molecule has 0 unspecified atom stereocenters. The fraction of sp³-hybridized carbons (Fsp3) is 0. The number of carboxylic acids is 1. The van der Waals surface area contributed by atoms with Crippen molar-refractivity contribution in [2.45, 2.75) is 0 Å². The lowest BCUT2D eigenvalue weighted by Crippen LogP contribution is -1.99. The number of aromatic carboxylic acids is 1. The number of carboxylic acid groups (broad SMARTS) is 1. The van der Waals surface area contributed by atoms with Gasteiger partial charge in [0.25, 0.3) is 0 Å². The van der Waals surface area contributed by atoms with Gasteiger partial charge in [0.1, 0.15) is 6.33 Å². The normalized spacial score (nSPS) is 10.1. The maximum Gasteiger partial charge on any atom is 0.335 e. The highest BCUT2D eigenvalue weighted by Crippen LogP contribution is 2.08. The van der Waals surface area contributed by atoms with E-state index in [0.717, 1.165) is 0 Å². The predicted molar refractivity (Wildman–Crippen MR) is 52.7 cm³/mol. The highest BCUT2D eigenvalue weighted by Gasteiger charge is 2.03. The highest BCUT2D eigenvalue weighted by atomic mass is 16.4. The fourth-order valence-electron chi connectivity index (χ4n) is 1.16. The van der Waals surface area contributed by atoms with Crippen LogP contribution in [0.4, 0.5) is 5.95 Å². The van der Waals surface area contributed by atoms with Gasteiger partial charge in [-0.25, -0.2) is 14.5 Å². The second-order valence-corrected chi connectivity index (χ2v) is 2.90. The molecule has 2 aromatic rings. The van der Waals surface area contributed by atoms with Gasteiger partial charge < -0.3 is 10.8 Å². The Morgan fingerprint density at radius 3 is 2.47 bits per heavy atom. The SMILES string of the molecule is Nc1ncn(-c2ccc(C(=O)O)cc2)n1. The Kier molecular flexibility index (Phi) is 2.09. The lowest BCUT2D eigenvalue weighted by Gasteiger charge is -1.99. The summed E-state index contributed by atoms with van der Waals surface area (Å²) in [5.41, 5.74) is 6.30. The van der Waals surface area contributed by atoms with Gasteiger partial charge in [-0.3, -0.25) is 0 Å². The van der Waals surface area contributed by atoms with Crippen molar-refractivity contribution < 1.29 is 9.90 Å². The molecule has 0 saturated heterocycles. The van der Waals surface area contributed by atoms with Gasteiger partial charge in [-0.1, -0.05) is 0 Å². The van der Waals surface area contributed by atoms with Gasteiger partial charge in [0.05, 0.1) is 11.3 Å². The Hall–Kier alpha value is -2.37. The molecule has 1 aromatic carbocycles. The summed E-state index contributed by atoms with van der Waals surface area (Å²) in [4.78, 5) is 14.4. The summed E-state index contributed by atoms with van der Waals surface area (Å²) < 4.78 is 1.47. The summed E-state index contributed by atoms with van der Waals surface area (Å²) in [7, 11) is 0. The molecule has 15 heavy (non-hydrogen) atoms. The minimum atomic E-state index is -0.959. The van der Waals surface area contributed by atoms with Crippen molar-refractivity contribution in [3.05, 3.63) is 36.2 Å². The molecule has 0 aliphatic heterocycles. The molecular formula is C9H8N4O2. The number of benzene rings is 1. The van der Waals surface area contributed by atoms with Gasteiger partial charge in [-0.05, 0) is 24.3 Å². The van der Waals surface area contributed by atoms with Crippen LogP contribution < -0.4 is 5.73 Å². The van der Waals surface area contributed by atoms with Crippen LogP contribution in [-0.2, 0) is 0 Å². The van der Waals surface area contributed by atoms with E-state index in [1.165, 1.54) is 23.1 Å². The third kappa shape index (κ3) is 1.78. The van der Waals surface area contributed by atoms with E-state index < -0.39 is 5.97 Å². The predicted octanol–water partition coefficient (Wildman–Crippen LogP) is 0.548. The molecule has 6 heteroatoms. The lowest BCUT2D eigenvalue weighted by molar-refractivity contribution is 0.0697. The zero-order chi connectivity index (χ0) is 10.8. The van der Waals surface area contributed by atoms with E-state index in [-0.39, 0.29) is 11.5 Å². The molecule has 0 spiro atoms. The Bertz CT molecular complexity index is 489. The molecule has 0 atom stereocenters. The fourth-order valence-corrected chi connectivity index (χ4v) is 1.16. The maximum atomic E-state index is 10.6. The van der Waals surface area contributed by atoms with Crippen molar-refractivity contribution in [1.82, 2.24) is 14.8 Å². The van der Waals surface area contributed by atoms with E-state index in [1.807, 2.05) is 0 Å². The third-order valence-corrected chi connectivity index (χ3v) is 1.89. The maximum absolute atomic E-state index is 10.6. The third-order valence-electron chi connectivity index (χ3n) is 1.89. The summed E-state index contributed by atoms with van der Waals surface area (Å²) in [5, 5.41) is 12.6. The van der Waals surface area contributed by atoms with Gasteiger partial charge in [-0.15, -0.1) is 5.10 Å². The first kappa shape index (κ1) is 9.20. The average Bonchev–Trinajstić information content (AvgIpc) is 2.65. The molecule has 1 aromatic heterocycles. The summed E-state index contributed by atoms with van der Waals surface area (Å²) >= 11 is 0. The Morgan fingerprint density at radius 1 is 1.33 bits per heavy atom. The Morgan fingerprint density at radius 2 is 2.00 bits per heavy atom. The first-order valence-electron chi connectivity index (χ1n) is 4.17. The van der Waals surface area contributed by atoms with Gasteiger partial charge in [0.15, 0.2) is 0 Å². The summed E-state index contributed by atoms with van der Waals surface area (Å²) in [6.45, 7) is 0. The molecule has 6 nitrogen and oxygen atoms in total. The van der Waals surface area contributed by atoms with Crippen molar-refractivity contribution in [3.63, 3.8) is 0 Å². The van der Waals surface area contributed by atoms with E-state index in [0.29, 0.717) is 5.69 Å². The number of anilines is 1. The van der Waals surface area contributed by atoms with Gasteiger partial charge in [0.2, 0.25) is 5.95 Å². The van der Waals surface area contributed by atoms with E-state index in [4.69, 9.17) is 10.8 Å². The zero-order valence-electron chi connectivity index (χ0n) is 7.66. The zero-order valence-corrected chi connectivity index (χ0v) is 7.66.